The molecule has 0 aliphatic carbocycles. The summed E-state index contributed by atoms with van der Waals surface area (Å²) in [7, 11) is 1.58. The molecule has 0 saturated heterocycles. The molecule has 1 aromatic carbocycles. The molecule has 1 rings (SSSR count). The number of carbonyl (C=O) groups excluding carboxylic acids is 2. The van der Waals surface area contributed by atoms with Gasteiger partial charge in [0.2, 0.25) is 5.91 Å². The lowest BCUT2D eigenvalue weighted by atomic mass is 10.2. The van der Waals surface area contributed by atoms with Crippen molar-refractivity contribution in [3.63, 3.8) is 0 Å². The zero-order valence-electron chi connectivity index (χ0n) is 12.7. The molecule has 0 radical (unpaired) electrons. The fourth-order valence-corrected chi connectivity index (χ4v) is 1.58. The van der Waals surface area contributed by atoms with Crippen LogP contribution in [-0.4, -0.2) is 44.7 Å². The van der Waals surface area contributed by atoms with E-state index in [1.165, 1.54) is 0 Å². The van der Waals surface area contributed by atoms with Crippen LogP contribution in [0, 0.1) is 0 Å². The quantitative estimate of drug-likeness (QED) is 0.625. The van der Waals surface area contributed by atoms with E-state index >= 15 is 0 Å². The Kier molecular flexibility index (Phi) is 7.42. The molecule has 0 aliphatic heterocycles. The molecular formula is C15H23N3O3. The first-order chi connectivity index (χ1) is 10.0. The molecule has 0 saturated carbocycles. The molecule has 1 aromatic rings. The second-order valence-electron chi connectivity index (χ2n) is 4.91. The highest BCUT2D eigenvalue weighted by Gasteiger charge is 2.06. The highest BCUT2D eigenvalue weighted by atomic mass is 16.5. The Morgan fingerprint density at radius 2 is 1.86 bits per heavy atom. The maximum atomic E-state index is 11.8. The summed E-state index contributed by atoms with van der Waals surface area (Å²) in [5, 5.41) is 8.53. The number of anilines is 1. The van der Waals surface area contributed by atoms with Gasteiger partial charge in [-0.1, -0.05) is 13.8 Å². The van der Waals surface area contributed by atoms with Crippen LogP contribution in [0.15, 0.2) is 24.3 Å². The van der Waals surface area contributed by atoms with E-state index in [0.717, 1.165) is 0 Å². The van der Waals surface area contributed by atoms with Gasteiger partial charge in [0.1, 0.15) is 0 Å². The molecule has 0 heterocycles. The molecule has 2 amide bonds. The van der Waals surface area contributed by atoms with Crippen LogP contribution in [0.3, 0.4) is 0 Å². The van der Waals surface area contributed by atoms with E-state index in [9.17, 15) is 9.59 Å². The van der Waals surface area contributed by atoms with Crippen molar-refractivity contribution < 1.29 is 14.3 Å². The molecule has 116 valence electrons. The number of carbonyl (C=O) groups is 2. The number of methoxy groups -OCH3 is 1. The normalized spacial score (nSPS) is 10.5. The predicted octanol–water partition coefficient (Wildman–Crippen LogP) is 0.999. The standard InChI is InChI=1S/C15H23N3O3/c1-11(2)17-10-14(19)18-13-6-4-12(5-7-13)15(20)16-8-9-21-3/h4-7,11,17H,8-10H2,1-3H3,(H,16,20)(H,18,19). The molecule has 6 nitrogen and oxygen atoms in total. The molecule has 21 heavy (non-hydrogen) atoms. The second kappa shape index (κ2) is 9.10. The minimum atomic E-state index is -0.161. The van der Waals surface area contributed by atoms with Crippen LogP contribution < -0.4 is 16.0 Å². The van der Waals surface area contributed by atoms with Crippen LogP contribution in [0.25, 0.3) is 0 Å². The number of rotatable bonds is 8. The first-order valence-electron chi connectivity index (χ1n) is 6.93. The number of nitrogens with one attached hydrogen (secondary N) is 3. The van der Waals surface area contributed by atoms with Crippen LogP contribution in [-0.2, 0) is 9.53 Å². The maximum Gasteiger partial charge on any atom is 0.251 e. The van der Waals surface area contributed by atoms with E-state index in [1.54, 1.807) is 31.4 Å². The fourth-order valence-electron chi connectivity index (χ4n) is 1.58. The SMILES string of the molecule is COCCNC(=O)c1ccc(NC(=O)CNC(C)C)cc1. The fraction of sp³-hybridized carbons (Fsp3) is 0.467. The van der Waals surface area contributed by atoms with E-state index in [2.05, 4.69) is 16.0 Å². The number of benzene rings is 1. The van der Waals surface area contributed by atoms with Crippen molar-refractivity contribution in [3.8, 4) is 0 Å². The van der Waals surface area contributed by atoms with Crippen molar-refractivity contribution in [2.75, 3.05) is 32.1 Å². The lowest BCUT2D eigenvalue weighted by Gasteiger charge is -2.09. The van der Waals surface area contributed by atoms with Gasteiger partial charge >= 0.3 is 0 Å². The average Bonchev–Trinajstić information content (AvgIpc) is 2.46. The summed E-state index contributed by atoms with van der Waals surface area (Å²) in [5.41, 5.74) is 1.21. The Morgan fingerprint density at radius 3 is 2.43 bits per heavy atom. The Morgan fingerprint density at radius 1 is 1.19 bits per heavy atom. The summed E-state index contributed by atoms with van der Waals surface area (Å²) in [6.45, 7) is 5.16. The summed E-state index contributed by atoms with van der Waals surface area (Å²) in [6, 6.07) is 7.02. The topological polar surface area (TPSA) is 79.5 Å². The second-order valence-corrected chi connectivity index (χ2v) is 4.91. The van der Waals surface area contributed by atoms with Gasteiger partial charge < -0.3 is 20.7 Å². The molecular weight excluding hydrogens is 270 g/mol. The zero-order chi connectivity index (χ0) is 15.7. The Hall–Kier alpha value is -1.92. The summed E-state index contributed by atoms with van der Waals surface area (Å²) in [4.78, 5) is 23.4. The monoisotopic (exact) mass is 293 g/mol. The molecule has 0 bridgehead atoms. The van der Waals surface area contributed by atoms with Gasteiger partial charge in [0.25, 0.3) is 5.91 Å². The molecule has 0 fully saturated rings. The summed E-state index contributed by atoms with van der Waals surface area (Å²) < 4.78 is 4.86. The Balaban J connectivity index is 2.46. The highest BCUT2D eigenvalue weighted by Crippen LogP contribution is 2.09. The largest absolute Gasteiger partial charge is 0.383 e. The van der Waals surface area contributed by atoms with Crippen LogP contribution in [0.2, 0.25) is 0 Å². The minimum Gasteiger partial charge on any atom is -0.383 e. The van der Waals surface area contributed by atoms with Crippen molar-refractivity contribution in [2.24, 2.45) is 0 Å². The highest BCUT2D eigenvalue weighted by molar-refractivity contribution is 5.96. The van der Waals surface area contributed by atoms with Crippen LogP contribution in [0.1, 0.15) is 24.2 Å². The van der Waals surface area contributed by atoms with E-state index in [1.807, 2.05) is 13.8 Å². The third-order valence-corrected chi connectivity index (χ3v) is 2.69. The predicted molar refractivity (Wildman–Crippen MR) is 82.4 cm³/mol. The van der Waals surface area contributed by atoms with Gasteiger partial charge in [0.05, 0.1) is 13.2 Å². The number of ether oxygens (including phenoxy) is 1. The third-order valence-electron chi connectivity index (χ3n) is 2.69. The lowest BCUT2D eigenvalue weighted by molar-refractivity contribution is -0.115. The summed E-state index contributed by atoms with van der Waals surface area (Å²) in [5.74, 6) is -0.271. The van der Waals surface area contributed by atoms with E-state index in [0.29, 0.717) is 24.4 Å². The molecule has 0 aromatic heterocycles. The van der Waals surface area contributed by atoms with Crippen molar-refractivity contribution in [2.45, 2.75) is 19.9 Å². The van der Waals surface area contributed by atoms with Crippen LogP contribution in [0.5, 0.6) is 0 Å². The van der Waals surface area contributed by atoms with Gasteiger partial charge in [0.15, 0.2) is 0 Å². The van der Waals surface area contributed by atoms with Gasteiger partial charge in [-0.05, 0) is 24.3 Å². The number of hydrogen-bond donors (Lipinski definition) is 3. The third kappa shape index (κ3) is 6.87. The van der Waals surface area contributed by atoms with Gasteiger partial charge in [-0.15, -0.1) is 0 Å². The molecule has 0 aliphatic rings. The van der Waals surface area contributed by atoms with Gasteiger partial charge in [-0.2, -0.15) is 0 Å². The number of hydrogen-bond acceptors (Lipinski definition) is 4. The van der Waals surface area contributed by atoms with Crippen molar-refractivity contribution in [1.82, 2.24) is 10.6 Å². The van der Waals surface area contributed by atoms with Gasteiger partial charge in [0, 0.05) is 30.9 Å². The zero-order valence-corrected chi connectivity index (χ0v) is 12.7. The van der Waals surface area contributed by atoms with E-state index in [-0.39, 0.29) is 24.4 Å². The Bertz CT molecular complexity index is 458. The van der Waals surface area contributed by atoms with Gasteiger partial charge in [-0.3, -0.25) is 9.59 Å². The van der Waals surface area contributed by atoms with Crippen molar-refractivity contribution in [1.29, 1.82) is 0 Å². The van der Waals surface area contributed by atoms with E-state index in [4.69, 9.17) is 4.74 Å². The molecule has 0 atom stereocenters. The minimum absolute atomic E-state index is 0.110. The van der Waals surface area contributed by atoms with Crippen molar-refractivity contribution >= 4 is 17.5 Å². The molecule has 0 spiro atoms. The smallest absolute Gasteiger partial charge is 0.251 e. The average molecular weight is 293 g/mol. The van der Waals surface area contributed by atoms with Crippen LogP contribution in [0.4, 0.5) is 5.69 Å². The van der Waals surface area contributed by atoms with Crippen LogP contribution >= 0.6 is 0 Å². The molecule has 6 heteroatoms. The van der Waals surface area contributed by atoms with Crippen molar-refractivity contribution in [3.05, 3.63) is 29.8 Å². The molecule has 3 N–H and O–H groups in total. The first kappa shape index (κ1) is 17.1. The summed E-state index contributed by atoms with van der Waals surface area (Å²) in [6.07, 6.45) is 0. The number of amides is 2. The molecule has 0 unspecified atom stereocenters. The Labute approximate surface area is 125 Å². The van der Waals surface area contributed by atoms with E-state index < -0.39 is 0 Å². The first-order valence-corrected chi connectivity index (χ1v) is 6.93. The van der Waals surface area contributed by atoms with Gasteiger partial charge in [-0.25, -0.2) is 0 Å². The lowest BCUT2D eigenvalue weighted by Crippen LogP contribution is -2.32. The maximum absolute atomic E-state index is 11.8. The summed E-state index contributed by atoms with van der Waals surface area (Å²) >= 11 is 0.